The van der Waals surface area contributed by atoms with Gasteiger partial charge in [0.1, 0.15) is 0 Å². The van der Waals surface area contributed by atoms with Crippen molar-refractivity contribution in [3.8, 4) is 11.5 Å². The molecule has 0 saturated carbocycles. The lowest BCUT2D eigenvalue weighted by atomic mass is 9.90. The number of nitrogens with two attached hydrogens (primary N) is 1. The van der Waals surface area contributed by atoms with Crippen LogP contribution in [0.2, 0.25) is 0 Å². The van der Waals surface area contributed by atoms with E-state index >= 15 is 0 Å². The van der Waals surface area contributed by atoms with Crippen molar-refractivity contribution in [1.82, 2.24) is 5.32 Å². The minimum absolute atomic E-state index is 0.0409. The molecule has 1 amide bonds. The van der Waals surface area contributed by atoms with E-state index in [4.69, 9.17) is 15.2 Å². The van der Waals surface area contributed by atoms with Crippen LogP contribution in [-0.2, 0) is 11.2 Å². The fourth-order valence-electron chi connectivity index (χ4n) is 2.64. The van der Waals surface area contributed by atoms with Crippen LogP contribution in [0.4, 0.5) is 0 Å². The van der Waals surface area contributed by atoms with E-state index in [0.29, 0.717) is 24.0 Å². The highest BCUT2D eigenvalue weighted by Crippen LogP contribution is 2.27. The van der Waals surface area contributed by atoms with E-state index in [-0.39, 0.29) is 17.9 Å². The Morgan fingerprint density at radius 1 is 1.27 bits per heavy atom. The second kappa shape index (κ2) is 8.03. The van der Waals surface area contributed by atoms with Gasteiger partial charge in [0.05, 0.1) is 20.6 Å². The van der Waals surface area contributed by atoms with Crippen LogP contribution in [0.5, 0.6) is 11.5 Å². The molecule has 0 bridgehead atoms. The summed E-state index contributed by atoms with van der Waals surface area (Å²) in [5, 5.41) is 3.05. The van der Waals surface area contributed by atoms with E-state index in [1.54, 1.807) is 20.3 Å². The third-order valence-corrected chi connectivity index (χ3v) is 3.56. The lowest BCUT2D eigenvalue weighted by molar-refractivity contribution is -0.122. The highest BCUT2D eigenvalue weighted by molar-refractivity contribution is 5.79. The Hall–Kier alpha value is -1.75. The molecule has 22 heavy (non-hydrogen) atoms. The Morgan fingerprint density at radius 3 is 2.41 bits per heavy atom. The molecule has 0 fully saturated rings. The molecule has 0 spiro atoms. The number of carbonyl (C=O) groups excluding carboxylic acids is 1. The minimum Gasteiger partial charge on any atom is -0.493 e. The standard InChI is InChI=1S/C17H28N2O3/c1-12(2)10-17(3,11-18)19-16(20)9-13-6-7-14(21-4)15(8-13)22-5/h6-8,12H,9-11,18H2,1-5H3,(H,19,20). The molecule has 0 aliphatic rings. The van der Waals surface area contributed by atoms with Crippen LogP contribution in [0.15, 0.2) is 18.2 Å². The Morgan fingerprint density at radius 2 is 1.91 bits per heavy atom. The molecule has 3 N–H and O–H groups in total. The van der Waals surface area contributed by atoms with Gasteiger partial charge in [-0.15, -0.1) is 0 Å². The molecule has 124 valence electrons. The normalized spacial score (nSPS) is 13.6. The molecular weight excluding hydrogens is 280 g/mol. The Balaban J connectivity index is 2.76. The maximum absolute atomic E-state index is 12.3. The number of hydrogen-bond acceptors (Lipinski definition) is 4. The quantitative estimate of drug-likeness (QED) is 0.771. The van der Waals surface area contributed by atoms with Gasteiger partial charge in [0.15, 0.2) is 11.5 Å². The maximum Gasteiger partial charge on any atom is 0.224 e. The first-order valence-electron chi connectivity index (χ1n) is 7.55. The zero-order valence-electron chi connectivity index (χ0n) is 14.2. The highest BCUT2D eigenvalue weighted by Gasteiger charge is 2.25. The zero-order chi connectivity index (χ0) is 16.8. The molecule has 0 aliphatic carbocycles. The maximum atomic E-state index is 12.3. The van der Waals surface area contributed by atoms with Crippen LogP contribution in [0.1, 0.15) is 32.8 Å². The predicted molar refractivity (Wildman–Crippen MR) is 88.3 cm³/mol. The van der Waals surface area contributed by atoms with E-state index in [0.717, 1.165) is 12.0 Å². The lowest BCUT2D eigenvalue weighted by Crippen LogP contribution is -2.52. The number of benzene rings is 1. The summed E-state index contributed by atoms with van der Waals surface area (Å²) in [6, 6.07) is 5.49. The van der Waals surface area contributed by atoms with Gasteiger partial charge in [-0.25, -0.2) is 0 Å². The fourth-order valence-corrected chi connectivity index (χ4v) is 2.64. The van der Waals surface area contributed by atoms with Gasteiger partial charge in [0.2, 0.25) is 5.91 Å². The van der Waals surface area contributed by atoms with Crippen molar-refractivity contribution in [2.45, 2.75) is 39.2 Å². The van der Waals surface area contributed by atoms with E-state index in [2.05, 4.69) is 19.2 Å². The van der Waals surface area contributed by atoms with Crippen molar-refractivity contribution in [2.24, 2.45) is 11.7 Å². The first kappa shape index (κ1) is 18.3. The SMILES string of the molecule is COc1ccc(CC(=O)NC(C)(CN)CC(C)C)cc1OC. The molecule has 5 heteroatoms. The number of ether oxygens (including phenoxy) is 2. The smallest absolute Gasteiger partial charge is 0.224 e. The molecule has 1 unspecified atom stereocenters. The number of nitrogens with one attached hydrogen (secondary N) is 1. The summed E-state index contributed by atoms with van der Waals surface area (Å²) < 4.78 is 10.5. The molecule has 0 aliphatic heterocycles. The monoisotopic (exact) mass is 308 g/mol. The molecule has 5 nitrogen and oxygen atoms in total. The Bertz CT molecular complexity index is 503. The lowest BCUT2D eigenvalue weighted by Gasteiger charge is -2.31. The van der Waals surface area contributed by atoms with Crippen LogP contribution in [0.25, 0.3) is 0 Å². The molecule has 0 heterocycles. The number of rotatable bonds is 8. The van der Waals surface area contributed by atoms with Gasteiger partial charge in [0, 0.05) is 12.1 Å². The summed E-state index contributed by atoms with van der Waals surface area (Å²) in [5.74, 6) is 1.70. The van der Waals surface area contributed by atoms with Crippen LogP contribution >= 0.6 is 0 Å². The summed E-state index contributed by atoms with van der Waals surface area (Å²) in [4.78, 5) is 12.3. The van der Waals surface area contributed by atoms with Crippen molar-refractivity contribution in [2.75, 3.05) is 20.8 Å². The Kier molecular flexibility index (Phi) is 6.68. The summed E-state index contributed by atoms with van der Waals surface area (Å²) in [5.41, 5.74) is 6.33. The van der Waals surface area contributed by atoms with Crippen molar-refractivity contribution in [3.63, 3.8) is 0 Å². The van der Waals surface area contributed by atoms with Gasteiger partial charge in [-0.05, 0) is 37.0 Å². The molecule has 0 saturated heterocycles. The fraction of sp³-hybridized carbons (Fsp3) is 0.588. The van der Waals surface area contributed by atoms with E-state index in [1.807, 2.05) is 19.1 Å². The van der Waals surface area contributed by atoms with Crippen molar-refractivity contribution >= 4 is 5.91 Å². The molecule has 0 radical (unpaired) electrons. The first-order valence-corrected chi connectivity index (χ1v) is 7.55. The molecule has 0 aromatic heterocycles. The van der Waals surface area contributed by atoms with E-state index in [1.165, 1.54) is 0 Å². The summed E-state index contributed by atoms with van der Waals surface area (Å²) in [6.45, 7) is 6.64. The third-order valence-electron chi connectivity index (χ3n) is 3.56. The van der Waals surface area contributed by atoms with Gasteiger partial charge in [-0.1, -0.05) is 19.9 Å². The molecule has 1 rings (SSSR count). The Labute approximate surface area is 133 Å². The number of methoxy groups -OCH3 is 2. The first-order chi connectivity index (χ1) is 10.3. The van der Waals surface area contributed by atoms with Crippen LogP contribution in [0.3, 0.4) is 0 Å². The summed E-state index contributed by atoms with van der Waals surface area (Å²) in [7, 11) is 3.17. The van der Waals surface area contributed by atoms with Gasteiger partial charge < -0.3 is 20.5 Å². The van der Waals surface area contributed by atoms with Crippen molar-refractivity contribution < 1.29 is 14.3 Å². The summed E-state index contributed by atoms with van der Waals surface area (Å²) >= 11 is 0. The minimum atomic E-state index is -0.373. The van der Waals surface area contributed by atoms with E-state index < -0.39 is 0 Å². The topological polar surface area (TPSA) is 73.6 Å². The predicted octanol–water partition coefficient (Wildman–Crippen LogP) is 2.13. The highest BCUT2D eigenvalue weighted by atomic mass is 16.5. The van der Waals surface area contributed by atoms with E-state index in [9.17, 15) is 4.79 Å². The zero-order valence-corrected chi connectivity index (χ0v) is 14.2. The van der Waals surface area contributed by atoms with Crippen molar-refractivity contribution in [1.29, 1.82) is 0 Å². The van der Waals surface area contributed by atoms with Gasteiger partial charge in [-0.2, -0.15) is 0 Å². The van der Waals surface area contributed by atoms with Gasteiger partial charge in [0.25, 0.3) is 0 Å². The second-order valence-electron chi connectivity index (χ2n) is 6.28. The molecule has 1 atom stereocenters. The molecule has 1 aromatic carbocycles. The molecular formula is C17H28N2O3. The van der Waals surface area contributed by atoms with Crippen LogP contribution in [-0.4, -0.2) is 32.2 Å². The third kappa shape index (κ3) is 5.22. The number of amides is 1. The number of hydrogen-bond donors (Lipinski definition) is 2. The second-order valence-corrected chi connectivity index (χ2v) is 6.28. The summed E-state index contributed by atoms with van der Waals surface area (Å²) in [6.07, 6.45) is 1.13. The number of carbonyl (C=O) groups is 1. The van der Waals surface area contributed by atoms with Crippen LogP contribution in [0, 0.1) is 5.92 Å². The largest absolute Gasteiger partial charge is 0.493 e. The average molecular weight is 308 g/mol. The van der Waals surface area contributed by atoms with Crippen molar-refractivity contribution in [3.05, 3.63) is 23.8 Å². The molecule has 1 aromatic rings. The van der Waals surface area contributed by atoms with Crippen LogP contribution < -0.4 is 20.5 Å². The van der Waals surface area contributed by atoms with Gasteiger partial charge in [-0.3, -0.25) is 4.79 Å². The average Bonchev–Trinajstić information content (AvgIpc) is 2.45. The van der Waals surface area contributed by atoms with Gasteiger partial charge >= 0.3 is 0 Å².